The molecular formula is C14H21FN2. The molecule has 0 saturated carbocycles. The zero-order valence-corrected chi connectivity index (χ0v) is 10.6. The van der Waals surface area contributed by atoms with E-state index in [-0.39, 0.29) is 11.9 Å². The minimum Gasteiger partial charge on any atom is -0.326 e. The lowest BCUT2D eigenvalue weighted by atomic mass is 9.92. The van der Waals surface area contributed by atoms with Crippen LogP contribution in [0.3, 0.4) is 0 Å². The Kier molecular flexibility index (Phi) is 3.79. The Bertz CT molecular complexity index is 363. The molecule has 1 aromatic rings. The Hall–Kier alpha value is -0.930. The van der Waals surface area contributed by atoms with Crippen LogP contribution in [0, 0.1) is 11.7 Å². The van der Waals surface area contributed by atoms with E-state index in [9.17, 15) is 4.39 Å². The summed E-state index contributed by atoms with van der Waals surface area (Å²) in [5.74, 6) is 0.427. The zero-order valence-electron chi connectivity index (χ0n) is 10.6. The summed E-state index contributed by atoms with van der Waals surface area (Å²) in [7, 11) is 0. The summed E-state index contributed by atoms with van der Waals surface area (Å²) >= 11 is 0. The van der Waals surface area contributed by atoms with Crippen LogP contribution in [0.15, 0.2) is 24.3 Å². The summed E-state index contributed by atoms with van der Waals surface area (Å²) in [6, 6.07) is 7.35. The van der Waals surface area contributed by atoms with Crippen molar-refractivity contribution in [1.29, 1.82) is 0 Å². The first-order valence-electron chi connectivity index (χ1n) is 6.33. The third-order valence-electron chi connectivity index (χ3n) is 3.95. The molecule has 0 amide bonds. The fourth-order valence-corrected chi connectivity index (χ4v) is 2.43. The Morgan fingerprint density at radius 1 is 1.35 bits per heavy atom. The number of nitrogens with two attached hydrogens (primary N) is 1. The summed E-state index contributed by atoms with van der Waals surface area (Å²) in [6.07, 6.45) is 1.15. The maximum absolute atomic E-state index is 12.9. The van der Waals surface area contributed by atoms with Gasteiger partial charge in [0, 0.05) is 18.6 Å². The van der Waals surface area contributed by atoms with Gasteiger partial charge in [0.15, 0.2) is 0 Å². The molecule has 3 unspecified atom stereocenters. The van der Waals surface area contributed by atoms with Crippen molar-refractivity contribution < 1.29 is 4.39 Å². The zero-order chi connectivity index (χ0) is 12.4. The predicted molar refractivity (Wildman–Crippen MR) is 68.1 cm³/mol. The van der Waals surface area contributed by atoms with Gasteiger partial charge < -0.3 is 5.73 Å². The molecular weight excluding hydrogens is 215 g/mol. The maximum atomic E-state index is 12.9. The van der Waals surface area contributed by atoms with Gasteiger partial charge in [0.25, 0.3) is 0 Å². The SMILES string of the molecule is CC1CCN(C(C)c2ccc(F)cc2)CC1N. The van der Waals surface area contributed by atoms with E-state index < -0.39 is 0 Å². The fraction of sp³-hybridized carbons (Fsp3) is 0.571. The number of halogens is 1. The standard InChI is InChI=1S/C14H21FN2/c1-10-7-8-17(9-14(10)16)11(2)12-3-5-13(15)6-4-12/h3-6,10-11,14H,7-9,16H2,1-2H3. The second-order valence-electron chi connectivity index (χ2n) is 5.15. The monoisotopic (exact) mass is 236 g/mol. The highest BCUT2D eigenvalue weighted by atomic mass is 19.1. The van der Waals surface area contributed by atoms with Crippen molar-refractivity contribution in [3.8, 4) is 0 Å². The van der Waals surface area contributed by atoms with Gasteiger partial charge in [-0.1, -0.05) is 19.1 Å². The molecule has 3 atom stereocenters. The second kappa shape index (κ2) is 5.15. The third kappa shape index (κ3) is 2.85. The highest BCUT2D eigenvalue weighted by molar-refractivity contribution is 5.19. The van der Waals surface area contributed by atoms with Crippen molar-refractivity contribution >= 4 is 0 Å². The average molecular weight is 236 g/mol. The third-order valence-corrected chi connectivity index (χ3v) is 3.95. The molecule has 17 heavy (non-hydrogen) atoms. The van der Waals surface area contributed by atoms with E-state index in [2.05, 4.69) is 18.7 Å². The van der Waals surface area contributed by atoms with Crippen LogP contribution < -0.4 is 5.73 Å². The molecule has 1 fully saturated rings. The van der Waals surface area contributed by atoms with Crippen molar-refractivity contribution in [2.75, 3.05) is 13.1 Å². The van der Waals surface area contributed by atoms with Gasteiger partial charge >= 0.3 is 0 Å². The lowest BCUT2D eigenvalue weighted by Crippen LogP contribution is -2.48. The van der Waals surface area contributed by atoms with E-state index in [1.807, 2.05) is 12.1 Å². The van der Waals surface area contributed by atoms with Crippen LogP contribution in [0.5, 0.6) is 0 Å². The smallest absolute Gasteiger partial charge is 0.123 e. The molecule has 1 heterocycles. The summed E-state index contributed by atoms with van der Waals surface area (Å²) in [6.45, 7) is 6.38. The number of benzene rings is 1. The van der Waals surface area contributed by atoms with Crippen molar-refractivity contribution in [2.24, 2.45) is 11.7 Å². The van der Waals surface area contributed by atoms with Gasteiger partial charge in [-0.25, -0.2) is 4.39 Å². The Morgan fingerprint density at radius 3 is 2.59 bits per heavy atom. The van der Waals surface area contributed by atoms with Crippen LogP contribution in [0.25, 0.3) is 0 Å². The van der Waals surface area contributed by atoms with E-state index in [0.717, 1.165) is 25.1 Å². The summed E-state index contributed by atoms with van der Waals surface area (Å²) < 4.78 is 12.9. The van der Waals surface area contributed by atoms with Crippen molar-refractivity contribution in [3.05, 3.63) is 35.6 Å². The number of likely N-dealkylation sites (tertiary alicyclic amines) is 1. The van der Waals surface area contributed by atoms with Gasteiger partial charge in [-0.3, -0.25) is 4.90 Å². The minimum atomic E-state index is -0.176. The van der Waals surface area contributed by atoms with Crippen LogP contribution >= 0.6 is 0 Å². The molecule has 0 aliphatic carbocycles. The van der Waals surface area contributed by atoms with Gasteiger partial charge in [-0.15, -0.1) is 0 Å². The first kappa shape index (κ1) is 12.5. The fourth-order valence-electron chi connectivity index (χ4n) is 2.43. The van der Waals surface area contributed by atoms with Crippen LogP contribution in [0.2, 0.25) is 0 Å². The lowest BCUT2D eigenvalue weighted by Gasteiger charge is -2.38. The summed E-state index contributed by atoms with van der Waals surface area (Å²) in [5.41, 5.74) is 7.27. The van der Waals surface area contributed by atoms with E-state index in [1.165, 1.54) is 12.1 Å². The van der Waals surface area contributed by atoms with Crippen LogP contribution in [0.4, 0.5) is 4.39 Å². The molecule has 1 saturated heterocycles. The lowest BCUT2D eigenvalue weighted by molar-refractivity contribution is 0.128. The Labute approximate surface area is 103 Å². The molecule has 1 aliphatic rings. The van der Waals surface area contributed by atoms with Crippen molar-refractivity contribution in [2.45, 2.75) is 32.4 Å². The Morgan fingerprint density at radius 2 is 2.00 bits per heavy atom. The number of hydrogen-bond acceptors (Lipinski definition) is 2. The van der Waals surface area contributed by atoms with E-state index in [0.29, 0.717) is 12.0 Å². The second-order valence-corrected chi connectivity index (χ2v) is 5.15. The predicted octanol–water partition coefficient (Wildman–Crippen LogP) is 2.56. The molecule has 2 N–H and O–H groups in total. The van der Waals surface area contributed by atoms with Gasteiger partial charge in [-0.2, -0.15) is 0 Å². The van der Waals surface area contributed by atoms with Gasteiger partial charge in [0.1, 0.15) is 5.82 Å². The Balaban J connectivity index is 2.05. The molecule has 1 aliphatic heterocycles. The van der Waals surface area contributed by atoms with E-state index >= 15 is 0 Å². The minimum absolute atomic E-state index is 0.176. The molecule has 2 rings (SSSR count). The number of hydrogen-bond donors (Lipinski definition) is 1. The normalized spacial score (nSPS) is 28.0. The highest BCUT2D eigenvalue weighted by Crippen LogP contribution is 2.25. The van der Waals surface area contributed by atoms with Crippen molar-refractivity contribution in [3.63, 3.8) is 0 Å². The van der Waals surface area contributed by atoms with E-state index in [4.69, 9.17) is 5.73 Å². The number of nitrogens with zero attached hydrogens (tertiary/aromatic N) is 1. The average Bonchev–Trinajstić information content (AvgIpc) is 2.33. The number of piperidine rings is 1. The van der Waals surface area contributed by atoms with E-state index in [1.54, 1.807) is 0 Å². The molecule has 94 valence electrons. The molecule has 0 radical (unpaired) electrons. The van der Waals surface area contributed by atoms with Crippen LogP contribution in [-0.4, -0.2) is 24.0 Å². The summed E-state index contributed by atoms with van der Waals surface area (Å²) in [5, 5.41) is 0. The highest BCUT2D eigenvalue weighted by Gasteiger charge is 2.26. The first-order chi connectivity index (χ1) is 8.08. The van der Waals surface area contributed by atoms with Gasteiger partial charge in [0.2, 0.25) is 0 Å². The van der Waals surface area contributed by atoms with Gasteiger partial charge in [0.05, 0.1) is 0 Å². The molecule has 2 nitrogen and oxygen atoms in total. The molecule has 1 aromatic carbocycles. The van der Waals surface area contributed by atoms with Crippen LogP contribution in [-0.2, 0) is 0 Å². The largest absolute Gasteiger partial charge is 0.326 e. The van der Waals surface area contributed by atoms with Crippen molar-refractivity contribution in [1.82, 2.24) is 4.90 Å². The molecule has 3 heteroatoms. The maximum Gasteiger partial charge on any atom is 0.123 e. The summed E-state index contributed by atoms with van der Waals surface area (Å²) in [4.78, 5) is 2.39. The topological polar surface area (TPSA) is 29.3 Å². The van der Waals surface area contributed by atoms with Crippen LogP contribution in [0.1, 0.15) is 31.9 Å². The molecule has 0 aromatic heterocycles. The molecule has 0 bridgehead atoms. The number of rotatable bonds is 2. The quantitative estimate of drug-likeness (QED) is 0.855. The van der Waals surface area contributed by atoms with Gasteiger partial charge in [-0.05, 0) is 43.5 Å². The molecule has 0 spiro atoms. The first-order valence-corrected chi connectivity index (χ1v) is 6.33.